The summed E-state index contributed by atoms with van der Waals surface area (Å²) in [5.41, 5.74) is 16.3. The van der Waals surface area contributed by atoms with Crippen LogP contribution in [0.25, 0.3) is 0 Å². The maximum absolute atomic E-state index is 12.9. The van der Waals surface area contributed by atoms with Gasteiger partial charge in [-0.25, -0.2) is 4.79 Å². The Balaban J connectivity index is 5.33. The zero-order valence-electron chi connectivity index (χ0n) is 20.8. The molecule has 3 amide bonds. The molecule has 0 aromatic carbocycles. The topological polar surface area (TPSA) is 273 Å². The fourth-order valence-corrected chi connectivity index (χ4v) is 3.08. The summed E-state index contributed by atoms with van der Waals surface area (Å²) in [7, 11) is 0. The quantitative estimate of drug-likeness (QED) is 0.0539. The van der Waals surface area contributed by atoms with Crippen LogP contribution in [0.15, 0.2) is 4.99 Å². The highest BCUT2D eigenvalue weighted by Gasteiger charge is 2.32. The molecule has 0 saturated heterocycles. The third kappa shape index (κ3) is 13.4. The van der Waals surface area contributed by atoms with Gasteiger partial charge < -0.3 is 48.5 Å². The molecule has 15 heteroatoms. The monoisotopic (exact) mass is 517 g/mol. The highest BCUT2D eigenvalue weighted by molar-refractivity contribution is 5.94. The van der Waals surface area contributed by atoms with Crippen molar-refractivity contribution in [2.45, 2.75) is 83.1 Å². The van der Waals surface area contributed by atoms with Crippen molar-refractivity contribution in [1.29, 1.82) is 0 Å². The molecule has 0 saturated carbocycles. The molecule has 0 fully saturated rings. The Hall–Kier alpha value is -3.46. The molecule has 206 valence electrons. The van der Waals surface area contributed by atoms with Crippen LogP contribution in [0, 0.1) is 5.92 Å². The number of carboxylic acid groups (broad SMARTS) is 2. The van der Waals surface area contributed by atoms with Gasteiger partial charge in [0, 0.05) is 13.0 Å². The first-order chi connectivity index (χ1) is 16.6. The Kier molecular flexibility index (Phi) is 14.7. The summed E-state index contributed by atoms with van der Waals surface area (Å²) in [5.74, 6) is -5.32. The zero-order chi connectivity index (χ0) is 28.0. The summed E-state index contributed by atoms with van der Waals surface area (Å²) >= 11 is 0. The number of hydrogen-bond acceptors (Lipinski definition) is 8. The number of guanidine groups is 1. The molecule has 0 unspecified atom stereocenters. The summed E-state index contributed by atoms with van der Waals surface area (Å²) in [5, 5.41) is 35.2. The highest BCUT2D eigenvalue weighted by Crippen LogP contribution is 2.08. The first-order valence-electron chi connectivity index (χ1n) is 11.5. The number of aliphatic imine (C=N–C) groups is 1. The van der Waals surface area contributed by atoms with Gasteiger partial charge in [0.15, 0.2) is 5.96 Å². The molecule has 0 rings (SSSR count). The molecule has 0 spiro atoms. The number of rotatable bonds is 17. The molecule has 0 aliphatic rings. The van der Waals surface area contributed by atoms with E-state index in [1.165, 1.54) is 6.92 Å². The number of carbonyl (C=O) groups is 5. The first-order valence-corrected chi connectivity index (χ1v) is 11.5. The number of aliphatic carboxylic acids is 2. The Morgan fingerprint density at radius 1 is 0.861 bits per heavy atom. The lowest BCUT2D eigenvalue weighted by Gasteiger charge is -2.27. The molecule has 0 aromatic heterocycles. The second kappa shape index (κ2) is 16.3. The molecule has 0 radical (unpaired) electrons. The van der Waals surface area contributed by atoms with Crippen molar-refractivity contribution in [2.24, 2.45) is 28.1 Å². The number of nitrogens with zero attached hydrogens (tertiary/aromatic N) is 1. The molecular formula is C21H39N7O8. The van der Waals surface area contributed by atoms with E-state index in [9.17, 15) is 34.2 Å². The molecule has 12 N–H and O–H groups in total. The smallest absolute Gasteiger partial charge is 0.326 e. The Bertz CT molecular complexity index is 799. The Morgan fingerprint density at radius 3 is 1.92 bits per heavy atom. The summed E-state index contributed by atoms with van der Waals surface area (Å²) in [4.78, 5) is 64.0. The molecule has 0 aliphatic heterocycles. The molecule has 15 nitrogen and oxygen atoms in total. The van der Waals surface area contributed by atoms with Gasteiger partial charge in [0.05, 0.1) is 12.1 Å². The molecule has 5 atom stereocenters. The number of hydrogen-bond donors (Lipinski definition) is 9. The maximum Gasteiger partial charge on any atom is 0.326 e. The molecule has 36 heavy (non-hydrogen) atoms. The van der Waals surface area contributed by atoms with Gasteiger partial charge in [-0.3, -0.25) is 24.2 Å². The van der Waals surface area contributed by atoms with Gasteiger partial charge in [-0.1, -0.05) is 13.8 Å². The Labute approximate surface area is 209 Å². The van der Waals surface area contributed by atoms with E-state index in [1.807, 2.05) is 0 Å². The van der Waals surface area contributed by atoms with E-state index in [1.54, 1.807) is 13.8 Å². The number of aliphatic hydroxyl groups excluding tert-OH is 1. The fraction of sp³-hybridized carbons (Fsp3) is 0.714. The standard InChI is InChI=1S/C21H39N7O8/c1-10(2)9-14(18(33)26-13(20(35)36)6-7-15(30)31)27-19(34)16(11(3)29)28-17(32)12(22)5-4-8-25-21(23)24/h10-14,16,29H,4-9,22H2,1-3H3,(H,26,33)(H,27,34)(H,28,32)(H,30,31)(H,35,36)(H4,23,24,25)/t11-,12+,13+,14+,16+/m1/s1. The van der Waals surface area contributed by atoms with Crippen molar-refractivity contribution in [3.63, 3.8) is 0 Å². The van der Waals surface area contributed by atoms with Crippen LogP contribution in [-0.2, 0) is 24.0 Å². The normalized spacial score (nSPS) is 15.1. The third-order valence-electron chi connectivity index (χ3n) is 4.97. The molecule has 0 heterocycles. The number of nitrogens with two attached hydrogens (primary N) is 3. The van der Waals surface area contributed by atoms with Gasteiger partial charge >= 0.3 is 11.9 Å². The molecule has 0 bridgehead atoms. The SMILES string of the molecule is CC(C)C[C@H](NC(=O)[C@@H](NC(=O)[C@@H](N)CCCN=C(N)N)[C@@H](C)O)C(=O)N[C@@H](CCC(=O)O)C(=O)O. The van der Waals surface area contributed by atoms with Crippen LogP contribution in [0.4, 0.5) is 0 Å². The first kappa shape index (κ1) is 32.5. The van der Waals surface area contributed by atoms with E-state index in [4.69, 9.17) is 22.3 Å². The minimum atomic E-state index is -1.48. The zero-order valence-corrected chi connectivity index (χ0v) is 20.8. The predicted octanol–water partition coefficient (Wildman–Crippen LogP) is -2.80. The average Bonchev–Trinajstić information content (AvgIpc) is 2.75. The summed E-state index contributed by atoms with van der Waals surface area (Å²) in [6, 6.07) is -5.17. The van der Waals surface area contributed by atoms with Crippen LogP contribution in [0.5, 0.6) is 0 Å². The van der Waals surface area contributed by atoms with Crippen LogP contribution in [0.3, 0.4) is 0 Å². The van der Waals surface area contributed by atoms with Gasteiger partial charge in [0.1, 0.15) is 18.1 Å². The van der Waals surface area contributed by atoms with Crippen molar-refractivity contribution < 1.29 is 39.3 Å². The van der Waals surface area contributed by atoms with E-state index in [0.717, 1.165) is 0 Å². The maximum atomic E-state index is 12.9. The highest BCUT2D eigenvalue weighted by atomic mass is 16.4. The molecule has 0 aromatic rings. The van der Waals surface area contributed by atoms with E-state index in [0.29, 0.717) is 6.42 Å². The van der Waals surface area contributed by atoms with Crippen molar-refractivity contribution in [2.75, 3.05) is 6.54 Å². The van der Waals surface area contributed by atoms with Gasteiger partial charge in [0.2, 0.25) is 17.7 Å². The fourth-order valence-electron chi connectivity index (χ4n) is 3.08. The molecular weight excluding hydrogens is 478 g/mol. The van der Waals surface area contributed by atoms with E-state index in [2.05, 4.69) is 20.9 Å². The predicted molar refractivity (Wildman–Crippen MR) is 129 cm³/mol. The van der Waals surface area contributed by atoms with Gasteiger partial charge in [-0.05, 0) is 38.5 Å². The number of nitrogens with one attached hydrogen (secondary N) is 3. The minimum absolute atomic E-state index is 0.101. The van der Waals surface area contributed by atoms with Crippen molar-refractivity contribution in [3.8, 4) is 0 Å². The largest absolute Gasteiger partial charge is 0.481 e. The minimum Gasteiger partial charge on any atom is -0.481 e. The third-order valence-corrected chi connectivity index (χ3v) is 4.97. The van der Waals surface area contributed by atoms with Crippen LogP contribution < -0.4 is 33.2 Å². The second-order valence-electron chi connectivity index (χ2n) is 8.80. The van der Waals surface area contributed by atoms with Crippen LogP contribution in [0.1, 0.15) is 52.9 Å². The summed E-state index contributed by atoms with van der Waals surface area (Å²) < 4.78 is 0. The summed E-state index contributed by atoms with van der Waals surface area (Å²) in [6.07, 6.45) is -1.50. The van der Waals surface area contributed by atoms with Crippen LogP contribution >= 0.6 is 0 Å². The second-order valence-corrected chi connectivity index (χ2v) is 8.80. The average molecular weight is 518 g/mol. The number of amides is 3. The van der Waals surface area contributed by atoms with Crippen LogP contribution in [-0.4, -0.2) is 87.8 Å². The van der Waals surface area contributed by atoms with Crippen molar-refractivity contribution in [1.82, 2.24) is 16.0 Å². The number of carboxylic acids is 2. The Morgan fingerprint density at radius 2 is 1.44 bits per heavy atom. The summed E-state index contributed by atoms with van der Waals surface area (Å²) in [6.45, 7) is 5.04. The lowest BCUT2D eigenvalue weighted by Crippen LogP contribution is -2.60. The van der Waals surface area contributed by atoms with Crippen molar-refractivity contribution in [3.05, 3.63) is 0 Å². The van der Waals surface area contributed by atoms with Gasteiger partial charge in [0.25, 0.3) is 0 Å². The van der Waals surface area contributed by atoms with Gasteiger partial charge in [-0.2, -0.15) is 0 Å². The van der Waals surface area contributed by atoms with E-state index in [-0.39, 0.29) is 37.7 Å². The number of carbonyl (C=O) groups excluding carboxylic acids is 3. The lowest BCUT2D eigenvalue weighted by molar-refractivity contribution is -0.143. The molecule has 0 aliphatic carbocycles. The van der Waals surface area contributed by atoms with E-state index >= 15 is 0 Å². The van der Waals surface area contributed by atoms with Crippen molar-refractivity contribution >= 4 is 35.6 Å². The number of aliphatic hydroxyl groups is 1. The van der Waals surface area contributed by atoms with Crippen LogP contribution in [0.2, 0.25) is 0 Å². The van der Waals surface area contributed by atoms with Gasteiger partial charge in [-0.15, -0.1) is 0 Å². The lowest BCUT2D eigenvalue weighted by atomic mass is 10.0. The van der Waals surface area contributed by atoms with E-state index < -0.39 is 66.4 Å².